The molecule has 0 radical (unpaired) electrons. The Hall–Kier alpha value is -2.00. The van der Waals surface area contributed by atoms with Gasteiger partial charge in [0.1, 0.15) is 10.7 Å². The zero-order valence-corrected chi connectivity index (χ0v) is 11.8. The minimum Gasteiger partial charge on any atom is -0.477 e. The van der Waals surface area contributed by atoms with Crippen molar-refractivity contribution in [3.05, 3.63) is 35.0 Å². The van der Waals surface area contributed by atoms with Crippen LogP contribution in [0.4, 0.5) is 9.52 Å². The van der Waals surface area contributed by atoms with Crippen molar-refractivity contribution in [1.29, 1.82) is 0 Å². The third-order valence-electron chi connectivity index (χ3n) is 2.21. The van der Waals surface area contributed by atoms with E-state index in [9.17, 15) is 17.6 Å². The summed E-state index contributed by atoms with van der Waals surface area (Å²) < 4.78 is 37.2. The Labute approximate surface area is 118 Å². The fraction of sp³-hybridized carbons (Fsp3) is 0.0909. The molecule has 0 saturated heterocycles. The highest BCUT2D eigenvalue weighted by molar-refractivity contribution is 7.92. The largest absolute Gasteiger partial charge is 0.477 e. The molecule has 0 aliphatic carbocycles. The molecule has 9 heteroatoms. The normalized spacial score (nSPS) is 11.3. The molecule has 2 N–H and O–H groups in total. The zero-order valence-electron chi connectivity index (χ0n) is 10.1. The van der Waals surface area contributed by atoms with E-state index in [1.165, 1.54) is 24.3 Å². The first kappa shape index (κ1) is 14.4. The summed E-state index contributed by atoms with van der Waals surface area (Å²) in [6, 6.07) is 5.09. The summed E-state index contributed by atoms with van der Waals surface area (Å²) in [6.45, 7) is 0. The van der Waals surface area contributed by atoms with Gasteiger partial charge in [-0.3, -0.25) is 4.72 Å². The molecule has 2 aromatic rings. The smallest absolute Gasteiger partial charge is 0.348 e. The van der Waals surface area contributed by atoms with Crippen molar-refractivity contribution >= 4 is 32.5 Å². The molecule has 0 spiro atoms. The van der Waals surface area contributed by atoms with E-state index in [2.05, 4.69) is 9.71 Å². The van der Waals surface area contributed by atoms with Gasteiger partial charge in [-0.15, -0.1) is 0 Å². The van der Waals surface area contributed by atoms with Gasteiger partial charge < -0.3 is 5.11 Å². The molecule has 2 rings (SSSR count). The number of thiazole rings is 1. The Bertz CT molecular complexity index is 753. The van der Waals surface area contributed by atoms with Crippen LogP contribution in [0.2, 0.25) is 0 Å². The molecule has 0 bridgehead atoms. The van der Waals surface area contributed by atoms with E-state index in [-0.39, 0.29) is 15.7 Å². The third kappa shape index (κ3) is 3.31. The number of anilines is 1. The number of aromatic carboxylic acids is 1. The SMILES string of the molecule is CS(=O)(=O)Nc1nc(-c2ccc(F)cc2)c(C(=O)O)s1. The average Bonchev–Trinajstić information content (AvgIpc) is 2.71. The number of carboxylic acid groups (broad SMARTS) is 1. The number of benzene rings is 1. The molecule has 1 aromatic carbocycles. The number of halogens is 1. The van der Waals surface area contributed by atoms with E-state index in [1.54, 1.807) is 0 Å². The standard InChI is InChI=1S/C11H9FN2O4S2/c1-20(17,18)14-11-13-8(9(19-11)10(15)16)6-2-4-7(12)5-3-6/h2-5H,1H3,(H,13,14)(H,15,16). The lowest BCUT2D eigenvalue weighted by Gasteiger charge is -1.98. The maximum atomic E-state index is 12.9. The van der Waals surface area contributed by atoms with Crippen LogP contribution in [0.3, 0.4) is 0 Å². The molecule has 0 fully saturated rings. The van der Waals surface area contributed by atoms with Gasteiger partial charge in [0.2, 0.25) is 10.0 Å². The number of nitrogens with one attached hydrogen (secondary N) is 1. The van der Waals surface area contributed by atoms with Gasteiger partial charge in [-0.2, -0.15) is 0 Å². The molecular weight excluding hydrogens is 307 g/mol. The molecule has 106 valence electrons. The molecular formula is C11H9FN2O4S2. The van der Waals surface area contributed by atoms with Gasteiger partial charge in [-0.05, 0) is 24.3 Å². The quantitative estimate of drug-likeness (QED) is 0.899. The molecule has 0 unspecified atom stereocenters. The second-order valence-electron chi connectivity index (χ2n) is 3.88. The van der Waals surface area contributed by atoms with Crippen LogP contribution in [-0.2, 0) is 10.0 Å². The van der Waals surface area contributed by atoms with Crippen LogP contribution < -0.4 is 4.72 Å². The van der Waals surface area contributed by atoms with Crippen LogP contribution in [0.25, 0.3) is 11.3 Å². The van der Waals surface area contributed by atoms with Crippen LogP contribution in [0, 0.1) is 5.82 Å². The van der Waals surface area contributed by atoms with Crippen molar-refractivity contribution in [2.75, 3.05) is 11.0 Å². The predicted octanol–water partition coefficient (Wildman–Crippen LogP) is 2.02. The summed E-state index contributed by atoms with van der Waals surface area (Å²) in [7, 11) is -3.55. The van der Waals surface area contributed by atoms with Crippen molar-refractivity contribution in [3.8, 4) is 11.3 Å². The zero-order chi connectivity index (χ0) is 14.9. The Balaban J connectivity index is 2.51. The van der Waals surface area contributed by atoms with E-state index in [1.807, 2.05) is 0 Å². The second kappa shape index (κ2) is 5.17. The van der Waals surface area contributed by atoms with Crippen LogP contribution in [-0.4, -0.2) is 30.7 Å². The monoisotopic (exact) mass is 316 g/mol. The summed E-state index contributed by atoms with van der Waals surface area (Å²) in [4.78, 5) is 15.0. The van der Waals surface area contributed by atoms with Gasteiger partial charge in [0, 0.05) is 5.56 Å². The molecule has 0 atom stereocenters. The van der Waals surface area contributed by atoms with Crippen LogP contribution in [0.1, 0.15) is 9.67 Å². The number of carbonyl (C=O) groups is 1. The number of hydrogen-bond donors (Lipinski definition) is 2. The predicted molar refractivity (Wildman–Crippen MR) is 72.9 cm³/mol. The molecule has 0 amide bonds. The van der Waals surface area contributed by atoms with E-state index < -0.39 is 21.8 Å². The van der Waals surface area contributed by atoms with Gasteiger partial charge in [0.05, 0.1) is 11.9 Å². The highest BCUT2D eigenvalue weighted by Gasteiger charge is 2.20. The van der Waals surface area contributed by atoms with Crippen molar-refractivity contribution in [3.63, 3.8) is 0 Å². The minimum absolute atomic E-state index is 0.0516. The topological polar surface area (TPSA) is 96.4 Å². The van der Waals surface area contributed by atoms with Gasteiger partial charge in [-0.25, -0.2) is 22.6 Å². The Morgan fingerprint density at radius 1 is 1.35 bits per heavy atom. The third-order valence-corrected chi connectivity index (χ3v) is 3.86. The molecule has 6 nitrogen and oxygen atoms in total. The Morgan fingerprint density at radius 3 is 2.45 bits per heavy atom. The maximum Gasteiger partial charge on any atom is 0.348 e. The van der Waals surface area contributed by atoms with Crippen molar-refractivity contribution in [1.82, 2.24) is 4.98 Å². The van der Waals surface area contributed by atoms with Crippen LogP contribution in [0.5, 0.6) is 0 Å². The van der Waals surface area contributed by atoms with E-state index >= 15 is 0 Å². The summed E-state index contributed by atoms with van der Waals surface area (Å²) in [5, 5.41) is 9.06. The van der Waals surface area contributed by atoms with Gasteiger partial charge >= 0.3 is 5.97 Å². The minimum atomic E-state index is -3.55. The number of hydrogen-bond acceptors (Lipinski definition) is 5. The van der Waals surface area contributed by atoms with Crippen molar-refractivity contribution in [2.45, 2.75) is 0 Å². The Morgan fingerprint density at radius 2 is 1.95 bits per heavy atom. The number of carboxylic acids is 1. The van der Waals surface area contributed by atoms with Crippen molar-refractivity contribution in [2.24, 2.45) is 0 Å². The summed E-state index contributed by atoms with van der Waals surface area (Å²) in [6.07, 6.45) is 0.937. The molecule has 0 aliphatic heterocycles. The number of sulfonamides is 1. The maximum absolute atomic E-state index is 12.9. The first-order valence-electron chi connectivity index (χ1n) is 5.24. The lowest BCUT2D eigenvalue weighted by Crippen LogP contribution is -2.09. The van der Waals surface area contributed by atoms with Crippen molar-refractivity contribution < 1.29 is 22.7 Å². The first-order valence-corrected chi connectivity index (χ1v) is 7.95. The first-order chi connectivity index (χ1) is 9.26. The lowest BCUT2D eigenvalue weighted by molar-refractivity contribution is 0.0702. The van der Waals surface area contributed by atoms with E-state index in [4.69, 9.17) is 5.11 Å². The molecule has 0 aliphatic rings. The Kier molecular flexibility index (Phi) is 3.73. The molecule has 20 heavy (non-hydrogen) atoms. The second-order valence-corrected chi connectivity index (χ2v) is 6.63. The van der Waals surface area contributed by atoms with Crippen LogP contribution >= 0.6 is 11.3 Å². The lowest BCUT2D eigenvalue weighted by atomic mass is 10.1. The number of nitrogens with zero attached hydrogens (tertiary/aromatic N) is 1. The fourth-order valence-corrected chi connectivity index (χ4v) is 3.13. The van der Waals surface area contributed by atoms with Gasteiger partial charge in [0.25, 0.3) is 0 Å². The summed E-state index contributed by atoms with van der Waals surface area (Å²) in [5.74, 6) is -1.70. The number of rotatable bonds is 4. The highest BCUT2D eigenvalue weighted by atomic mass is 32.2. The van der Waals surface area contributed by atoms with Gasteiger partial charge in [0.15, 0.2) is 5.13 Å². The van der Waals surface area contributed by atoms with Crippen LogP contribution in [0.15, 0.2) is 24.3 Å². The molecule has 1 heterocycles. The number of aromatic nitrogens is 1. The fourth-order valence-electron chi connectivity index (χ4n) is 1.47. The summed E-state index contributed by atoms with van der Waals surface area (Å²) in [5.41, 5.74) is 0.482. The highest BCUT2D eigenvalue weighted by Crippen LogP contribution is 2.31. The van der Waals surface area contributed by atoms with Gasteiger partial charge in [-0.1, -0.05) is 11.3 Å². The average molecular weight is 316 g/mol. The summed E-state index contributed by atoms with van der Waals surface area (Å²) >= 11 is 0.699. The molecule has 1 aromatic heterocycles. The molecule has 0 saturated carbocycles. The van der Waals surface area contributed by atoms with E-state index in [0.717, 1.165) is 6.26 Å². The van der Waals surface area contributed by atoms with E-state index in [0.29, 0.717) is 16.9 Å².